The Hall–Kier alpha value is -1.85. The topological polar surface area (TPSA) is 78.1 Å². The summed E-state index contributed by atoms with van der Waals surface area (Å²) in [6.45, 7) is 7.50. The highest BCUT2D eigenvalue weighted by molar-refractivity contribution is 5.92. The molecule has 0 spiro atoms. The zero-order valence-electron chi connectivity index (χ0n) is 14.9. The fraction of sp³-hybridized carbons (Fsp3) is 0.722. The Labute approximate surface area is 143 Å². The van der Waals surface area contributed by atoms with E-state index >= 15 is 0 Å². The Bertz CT molecular complexity index is 618. The number of hydrogen-bond acceptors (Lipinski definition) is 3. The first-order valence-electron chi connectivity index (χ1n) is 9.11. The molecule has 1 aromatic rings. The van der Waals surface area contributed by atoms with Crippen LogP contribution in [0.1, 0.15) is 75.0 Å². The van der Waals surface area contributed by atoms with Crippen LogP contribution >= 0.6 is 0 Å². The van der Waals surface area contributed by atoms with Crippen molar-refractivity contribution >= 4 is 11.8 Å². The number of aromatic amines is 1. The predicted octanol–water partition coefficient (Wildman–Crippen LogP) is 2.44. The minimum atomic E-state index is -0.111. The van der Waals surface area contributed by atoms with Crippen LogP contribution in [-0.4, -0.2) is 46.0 Å². The van der Waals surface area contributed by atoms with Crippen LogP contribution in [0.2, 0.25) is 0 Å². The molecule has 2 heterocycles. The van der Waals surface area contributed by atoms with Gasteiger partial charge in [0.15, 0.2) is 0 Å². The molecule has 2 fully saturated rings. The zero-order chi connectivity index (χ0) is 17.3. The molecule has 1 unspecified atom stereocenters. The van der Waals surface area contributed by atoms with E-state index in [0.717, 1.165) is 37.8 Å². The second-order valence-corrected chi connectivity index (χ2v) is 7.60. The van der Waals surface area contributed by atoms with E-state index in [4.69, 9.17) is 0 Å². The van der Waals surface area contributed by atoms with Gasteiger partial charge < -0.3 is 10.2 Å². The molecule has 3 rings (SSSR count). The Morgan fingerprint density at radius 1 is 1.46 bits per heavy atom. The van der Waals surface area contributed by atoms with Gasteiger partial charge in [0.05, 0.1) is 0 Å². The molecule has 1 aliphatic heterocycles. The van der Waals surface area contributed by atoms with Crippen molar-refractivity contribution in [2.75, 3.05) is 13.1 Å². The van der Waals surface area contributed by atoms with E-state index in [-0.39, 0.29) is 23.3 Å². The van der Waals surface area contributed by atoms with Crippen molar-refractivity contribution in [1.29, 1.82) is 0 Å². The molecule has 24 heavy (non-hydrogen) atoms. The molecule has 6 nitrogen and oxygen atoms in total. The summed E-state index contributed by atoms with van der Waals surface area (Å²) >= 11 is 0. The number of amides is 2. The van der Waals surface area contributed by atoms with Gasteiger partial charge in [0, 0.05) is 30.2 Å². The average Bonchev–Trinajstić information content (AvgIpc) is 3.00. The third-order valence-electron chi connectivity index (χ3n) is 5.31. The quantitative estimate of drug-likeness (QED) is 0.840. The number of likely N-dealkylation sites (tertiary alicyclic amines) is 1. The first kappa shape index (κ1) is 17.0. The molecule has 2 amide bonds. The lowest BCUT2D eigenvalue weighted by molar-refractivity contribution is -0.127. The van der Waals surface area contributed by atoms with E-state index in [2.05, 4.69) is 36.3 Å². The van der Waals surface area contributed by atoms with E-state index in [1.807, 2.05) is 6.07 Å². The first-order valence-corrected chi connectivity index (χ1v) is 9.11. The van der Waals surface area contributed by atoms with E-state index in [9.17, 15) is 9.59 Å². The monoisotopic (exact) mass is 332 g/mol. The molecule has 0 radical (unpaired) electrons. The zero-order valence-corrected chi connectivity index (χ0v) is 14.9. The number of aromatic nitrogens is 2. The maximum Gasteiger partial charge on any atom is 0.274 e. The Morgan fingerprint density at radius 2 is 2.21 bits per heavy atom. The maximum atomic E-state index is 12.6. The fourth-order valence-corrected chi connectivity index (χ4v) is 3.53. The highest BCUT2D eigenvalue weighted by atomic mass is 16.2. The standard InChI is InChI=1S/C18H28N4O2/c1-4-6-18(7-8-18)17(24)19-13-5-9-22(11-13)16(23)15-10-14(12(2)3)20-21-15/h10,12-13H,4-9,11H2,1-3H3,(H,19,24)(H,20,21). The third-order valence-corrected chi connectivity index (χ3v) is 5.31. The van der Waals surface area contributed by atoms with E-state index in [1.165, 1.54) is 0 Å². The predicted molar refractivity (Wildman–Crippen MR) is 91.7 cm³/mol. The summed E-state index contributed by atoms with van der Waals surface area (Å²) in [4.78, 5) is 26.8. The lowest BCUT2D eigenvalue weighted by Gasteiger charge is -2.19. The Morgan fingerprint density at radius 3 is 2.79 bits per heavy atom. The molecule has 132 valence electrons. The molecular formula is C18H28N4O2. The molecule has 0 bridgehead atoms. The number of H-pyrrole nitrogens is 1. The van der Waals surface area contributed by atoms with Crippen LogP contribution in [0.15, 0.2) is 6.07 Å². The van der Waals surface area contributed by atoms with Gasteiger partial charge >= 0.3 is 0 Å². The molecule has 0 aromatic carbocycles. The summed E-state index contributed by atoms with van der Waals surface area (Å²) in [5.41, 5.74) is 1.33. The van der Waals surface area contributed by atoms with Crippen molar-refractivity contribution in [3.8, 4) is 0 Å². The SMILES string of the molecule is CCCC1(C(=O)NC2CCN(C(=O)c3cc(C(C)C)[nH]n3)C2)CC1. The van der Waals surface area contributed by atoms with Crippen LogP contribution < -0.4 is 5.32 Å². The number of nitrogens with one attached hydrogen (secondary N) is 2. The van der Waals surface area contributed by atoms with Gasteiger partial charge in [0.25, 0.3) is 5.91 Å². The summed E-state index contributed by atoms with van der Waals surface area (Å²) in [5.74, 6) is 0.452. The van der Waals surface area contributed by atoms with Gasteiger partial charge in [-0.2, -0.15) is 5.10 Å². The molecule has 2 aliphatic rings. The van der Waals surface area contributed by atoms with E-state index in [1.54, 1.807) is 4.90 Å². The second-order valence-electron chi connectivity index (χ2n) is 7.60. The lowest BCUT2D eigenvalue weighted by Crippen LogP contribution is -2.42. The van der Waals surface area contributed by atoms with Gasteiger partial charge in [-0.25, -0.2) is 0 Å². The third kappa shape index (κ3) is 3.32. The minimum Gasteiger partial charge on any atom is -0.351 e. The lowest BCUT2D eigenvalue weighted by atomic mass is 9.99. The Balaban J connectivity index is 1.55. The number of rotatable bonds is 6. The van der Waals surface area contributed by atoms with E-state index < -0.39 is 0 Å². The van der Waals surface area contributed by atoms with Crippen molar-refractivity contribution in [1.82, 2.24) is 20.4 Å². The number of carbonyl (C=O) groups excluding carboxylic acids is 2. The summed E-state index contributed by atoms with van der Waals surface area (Å²) in [6, 6.07) is 1.90. The molecule has 1 aromatic heterocycles. The average molecular weight is 332 g/mol. The van der Waals surface area contributed by atoms with Crippen LogP contribution in [0, 0.1) is 5.41 Å². The fourth-order valence-electron chi connectivity index (χ4n) is 3.53. The van der Waals surface area contributed by atoms with Crippen molar-refractivity contribution in [2.24, 2.45) is 5.41 Å². The van der Waals surface area contributed by atoms with Crippen LogP contribution in [0.25, 0.3) is 0 Å². The van der Waals surface area contributed by atoms with Gasteiger partial charge in [-0.15, -0.1) is 0 Å². The molecular weight excluding hydrogens is 304 g/mol. The van der Waals surface area contributed by atoms with E-state index in [0.29, 0.717) is 24.7 Å². The molecule has 1 saturated heterocycles. The van der Waals surface area contributed by atoms with Crippen molar-refractivity contribution in [2.45, 2.75) is 64.8 Å². The molecule has 2 N–H and O–H groups in total. The summed E-state index contributed by atoms with van der Waals surface area (Å²) in [5, 5.41) is 10.2. The molecule has 1 atom stereocenters. The minimum absolute atomic E-state index is 0.0513. The van der Waals surface area contributed by atoms with Gasteiger partial charge in [-0.3, -0.25) is 14.7 Å². The van der Waals surface area contributed by atoms with Gasteiger partial charge in [-0.1, -0.05) is 27.2 Å². The largest absolute Gasteiger partial charge is 0.351 e. The number of nitrogens with zero attached hydrogens (tertiary/aromatic N) is 2. The van der Waals surface area contributed by atoms with Crippen LogP contribution in [-0.2, 0) is 4.79 Å². The smallest absolute Gasteiger partial charge is 0.274 e. The molecule has 1 aliphatic carbocycles. The second kappa shape index (κ2) is 6.57. The molecule has 6 heteroatoms. The van der Waals surface area contributed by atoms with Crippen LogP contribution in [0.5, 0.6) is 0 Å². The van der Waals surface area contributed by atoms with Crippen LogP contribution in [0.3, 0.4) is 0 Å². The van der Waals surface area contributed by atoms with Crippen molar-refractivity contribution < 1.29 is 9.59 Å². The maximum absolute atomic E-state index is 12.6. The summed E-state index contributed by atoms with van der Waals surface area (Å²) < 4.78 is 0. The van der Waals surface area contributed by atoms with Gasteiger partial charge in [-0.05, 0) is 37.7 Å². The van der Waals surface area contributed by atoms with Crippen molar-refractivity contribution in [3.05, 3.63) is 17.5 Å². The molecule has 1 saturated carbocycles. The normalized spacial score (nSPS) is 22.0. The first-order chi connectivity index (χ1) is 11.4. The number of carbonyl (C=O) groups is 2. The number of hydrogen-bond donors (Lipinski definition) is 2. The highest BCUT2D eigenvalue weighted by Gasteiger charge is 2.49. The van der Waals surface area contributed by atoms with Crippen molar-refractivity contribution in [3.63, 3.8) is 0 Å². The van der Waals surface area contributed by atoms with Gasteiger partial charge in [0.1, 0.15) is 5.69 Å². The van der Waals surface area contributed by atoms with Gasteiger partial charge in [0.2, 0.25) is 5.91 Å². The summed E-state index contributed by atoms with van der Waals surface area (Å²) in [7, 11) is 0. The highest BCUT2D eigenvalue weighted by Crippen LogP contribution is 2.49. The summed E-state index contributed by atoms with van der Waals surface area (Å²) in [6.07, 6.45) is 4.85. The Kier molecular flexibility index (Phi) is 4.65. The van der Waals surface area contributed by atoms with Crippen LogP contribution in [0.4, 0.5) is 0 Å².